The van der Waals surface area contributed by atoms with Crippen LogP contribution in [0.15, 0.2) is 23.4 Å². The molecule has 8 heteroatoms. The van der Waals surface area contributed by atoms with Gasteiger partial charge >= 0.3 is 0 Å². The summed E-state index contributed by atoms with van der Waals surface area (Å²) in [5, 5.41) is 10.8. The third-order valence-electron chi connectivity index (χ3n) is 2.44. The summed E-state index contributed by atoms with van der Waals surface area (Å²) < 4.78 is 27.3. The summed E-state index contributed by atoms with van der Waals surface area (Å²) >= 11 is 1.15. The summed E-state index contributed by atoms with van der Waals surface area (Å²) in [7, 11) is 1.65. The Morgan fingerprint density at radius 3 is 2.68 bits per heavy atom. The van der Waals surface area contributed by atoms with Crippen LogP contribution in [0.2, 0.25) is 0 Å². The van der Waals surface area contributed by atoms with E-state index in [1.54, 1.807) is 14.0 Å². The predicted molar refractivity (Wildman–Crippen MR) is 64.8 cm³/mol. The largest absolute Gasteiger partial charge is 0.293 e. The number of hydrogen-bond acceptors (Lipinski definition) is 5. The number of carbonyl (C=O) groups excluding carboxylic acids is 1. The molecular formula is C11H10F2N4OS. The van der Waals surface area contributed by atoms with E-state index >= 15 is 0 Å². The minimum absolute atomic E-state index is 0.119. The van der Waals surface area contributed by atoms with Crippen LogP contribution in [0.3, 0.4) is 0 Å². The first-order chi connectivity index (χ1) is 8.99. The summed E-state index contributed by atoms with van der Waals surface area (Å²) in [5.41, 5.74) is 0.119. The van der Waals surface area contributed by atoms with Crippen LogP contribution in [0.5, 0.6) is 0 Å². The van der Waals surface area contributed by atoms with Crippen LogP contribution in [0.4, 0.5) is 8.78 Å². The van der Waals surface area contributed by atoms with Crippen molar-refractivity contribution in [2.45, 2.75) is 17.3 Å². The number of nitrogens with zero attached hydrogens (tertiary/aromatic N) is 4. The van der Waals surface area contributed by atoms with Crippen LogP contribution in [0.25, 0.3) is 0 Å². The number of benzene rings is 1. The topological polar surface area (TPSA) is 60.7 Å². The SMILES string of the molecule is CC(Sc1nnnn1C)C(=O)c1ccc(F)c(F)c1. The molecule has 0 aliphatic rings. The molecule has 0 saturated heterocycles. The molecule has 19 heavy (non-hydrogen) atoms. The first-order valence-corrected chi connectivity index (χ1v) is 6.25. The van der Waals surface area contributed by atoms with Crippen molar-refractivity contribution in [3.63, 3.8) is 0 Å². The molecule has 0 bridgehead atoms. The third-order valence-corrected chi connectivity index (χ3v) is 3.56. The van der Waals surface area contributed by atoms with Crippen molar-refractivity contribution in [3.8, 4) is 0 Å². The lowest BCUT2D eigenvalue weighted by Crippen LogP contribution is -2.15. The van der Waals surface area contributed by atoms with Crippen molar-refractivity contribution in [2.24, 2.45) is 7.05 Å². The molecule has 1 aromatic heterocycles. The number of Topliss-reactive ketones (excluding diaryl/α,β-unsaturated/α-hetero) is 1. The first-order valence-electron chi connectivity index (χ1n) is 5.37. The molecule has 1 unspecified atom stereocenters. The Morgan fingerprint density at radius 1 is 1.37 bits per heavy atom. The number of aromatic nitrogens is 4. The molecule has 2 rings (SSSR count). The zero-order valence-electron chi connectivity index (χ0n) is 10.2. The highest BCUT2D eigenvalue weighted by molar-refractivity contribution is 8.00. The zero-order chi connectivity index (χ0) is 14.0. The van der Waals surface area contributed by atoms with Gasteiger partial charge in [-0.3, -0.25) is 4.79 Å². The summed E-state index contributed by atoms with van der Waals surface area (Å²) in [6.07, 6.45) is 0. The highest BCUT2D eigenvalue weighted by Gasteiger charge is 2.20. The molecule has 1 atom stereocenters. The van der Waals surface area contributed by atoms with Gasteiger partial charge in [-0.15, -0.1) is 5.10 Å². The predicted octanol–water partition coefficient (Wildman–Crippen LogP) is 1.85. The van der Waals surface area contributed by atoms with Crippen LogP contribution in [-0.4, -0.2) is 31.2 Å². The maximum Gasteiger partial charge on any atom is 0.209 e. The molecule has 0 fully saturated rings. The van der Waals surface area contributed by atoms with Gasteiger partial charge in [0.1, 0.15) is 0 Å². The number of hydrogen-bond donors (Lipinski definition) is 0. The summed E-state index contributed by atoms with van der Waals surface area (Å²) in [6, 6.07) is 3.08. The van der Waals surface area contributed by atoms with Crippen molar-refractivity contribution in [1.29, 1.82) is 0 Å². The van der Waals surface area contributed by atoms with Crippen molar-refractivity contribution >= 4 is 17.5 Å². The summed E-state index contributed by atoms with van der Waals surface area (Å²) in [6.45, 7) is 1.66. The van der Waals surface area contributed by atoms with E-state index < -0.39 is 16.9 Å². The molecule has 0 radical (unpaired) electrons. The molecule has 0 aliphatic carbocycles. The fourth-order valence-electron chi connectivity index (χ4n) is 1.42. The molecule has 0 saturated carbocycles. The lowest BCUT2D eigenvalue weighted by Gasteiger charge is -2.09. The van der Waals surface area contributed by atoms with Crippen LogP contribution in [0.1, 0.15) is 17.3 Å². The van der Waals surface area contributed by atoms with E-state index in [1.165, 1.54) is 10.7 Å². The van der Waals surface area contributed by atoms with E-state index in [0.717, 1.165) is 23.9 Å². The van der Waals surface area contributed by atoms with Crippen LogP contribution in [-0.2, 0) is 7.05 Å². The van der Waals surface area contributed by atoms with Crippen molar-refractivity contribution < 1.29 is 13.6 Å². The van der Waals surface area contributed by atoms with Gasteiger partial charge < -0.3 is 0 Å². The monoisotopic (exact) mass is 284 g/mol. The van der Waals surface area contributed by atoms with E-state index in [9.17, 15) is 13.6 Å². The molecule has 1 aromatic carbocycles. The van der Waals surface area contributed by atoms with Crippen LogP contribution >= 0.6 is 11.8 Å². The normalized spacial score (nSPS) is 12.4. The molecule has 5 nitrogen and oxygen atoms in total. The number of thioether (sulfide) groups is 1. The number of halogens is 2. The Labute approximate surface area is 112 Å². The maximum atomic E-state index is 13.1. The minimum Gasteiger partial charge on any atom is -0.293 e. The maximum absolute atomic E-state index is 13.1. The average Bonchev–Trinajstić information content (AvgIpc) is 2.77. The van der Waals surface area contributed by atoms with Gasteiger partial charge in [-0.1, -0.05) is 11.8 Å². The number of aryl methyl sites for hydroxylation is 1. The lowest BCUT2D eigenvalue weighted by molar-refractivity contribution is 0.0993. The Hall–Kier alpha value is -1.83. The number of rotatable bonds is 4. The van der Waals surface area contributed by atoms with Gasteiger partial charge in [-0.2, -0.15) is 0 Å². The smallest absolute Gasteiger partial charge is 0.209 e. The second kappa shape index (κ2) is 5.43. The van der Waals surface area contributed by atoms with E-state index in [4.69, 9.17) is 0 Å². The van der Waals surface area contributed by atoms with Gasteiger partial charge in [0.25, 0.3) is 0 Å². The van der Waals surface area contributed by atoms with Crippen molar-refractivity contribution in [2.75, 3.05) is 0 Å². The van der Waals surface area contributed by atoms with E-state index in [1.807, 2.05) is 0 Å². The molecule has 0 amide bonds. The number of tetrazole rings is 1. The lowest BCUT2D eigenvalue weighted by atomic mass is 10.1. The van der Waals surface area contributed by atoms with Crippen molar-refractivity contribution in [1.82, 2.24) is 20.2 Å². The van der Waals surface area contributed by atoms with Crippen LogP contribution < -0.4 is 0 Å². The Balaban J connectivity index is 2.15. The zero-order valence-corrected chi connectivity index (χ0v) is 11.0. The fraction of sp³-hybridized carbons (Fsp3) is 0.273. The average molecular weight is 284 g/mol. The van der Waals surface area contributed by atoms with E-state index in [-0.39, 0.29) is 11.3 Å². The van der Waals surface area contributed by atoms with Crippen LogP contribution in [0, 0.1) is 11.6 Å². The van der Waals surface area contributed by atoms with Gasteiger partial charge in [0.2, 0.25) is 5.16 Å². The van der Waals surface area contributed by atoms with Gasteiger partial charge in [-0.25, -0.2) is 13.5 Å². The second-order valence-corrected chi connectivity index (χ2v) is 5.15. The molecule has 0 N–H and O–H groups in total. The fourth-order valence-corrected chi connectivity index (χ4v) is 2.25. The Kier molecular flexibility index (Phi) is 3.89. The standard InChI is InChI=1S/C11H10F2N4OS/c1-6(19-11-14-15-16-17(11)2)10(18)7-3-4-8(12)9(13)5-7/h3-6H,1-2H3. The second-order valence-electron chi connectivity index (χ2n) is 3.84. The van der Waals surface area contributed by atoms with E-state index in [0.29, 0.717) is 5.16 Å². The number of carbonyl (C=O) groups is 1. The minimum atomic E-state index is -1.04. The Morgan fingerprint density at radius 2 is 2.11 bits per heavy atom. The molecule has 100 valence electrons. The van der Waals surface area contributed by atoms with Gasteiger partial charge in [-0.05, 0) is 35.5 Å². The summed E-state index contributed by atoms with van der Waals surface area (Å²) in [5.74, 6) is -2.33. The molecule has 2 aromatic rings. The van der Waals surface area contributed by atoms with Gasteiger partial charge in [0.05, 0.1) is 5.25 Å². The Bertz CT molecular complexity index is 616. The molecule has 0 aliphatic heterocycles. The van der Waals surface area contributed by atoms with Gasteiger partial charge in [0.15, 0.2) is 17.4 Å². The highest BCUT2D eigenvalue weighted by Crippen LogP contribution is 2.23. The quantitative estimate of drug-likeness (QED) is 0.633. The molecular weight excluding hydrogens is 274 g/mol. The summed E-state index contributed by atoms with van der Waals surface area (Å²) in [4.78, 5) is 12.1. The molecule has 1 heterocycles. The van der Waals surface area contributed by atoms with Crippen molar-refractivity contribution in [3.05, 3.63) is 35.4 Å². The van der Waals surface area contributed by atoms with Gasteiger partial charge in [0, 0.05) is 12.6 Å². The van der Waals surface area contributed by atoms with E-state index in [2.05, 4.69) is 15.5 Å². The first kappa shape index (κ1) is 13.6. The highest BCUT2D eigenvalue weighted by atomic mass is 32.2. The number of ketones is 1. The molecule has 0 spiro atoms. The third kappa shape index (κ3) is 2.95.